The lowest BCUT2D eigenvalue weighted by atomic mass is 9.82. The van der Waals surface area contributed by atoms with Gasteiger partial charge in [-0.25, -0.2) is 29.3 Å². The molecule has 0 unspecified atom stereocenters. The third-order valence-corrected chi connectivity index (χ3v) is 9.78. The Morgan fingerprint density at radius 3 is 1.91 bits per heavy atom. The Morgan fingerprint density at radius 2 is 1.42 bits per heavy atom. The quantitative estimate of drug-likeness (QED) is 0.136. The number of pyridine rings is 1. The summed E-state index contributed by atoms with van der Waals surface area (Å²) < 4.78 is 144. The number of hydrogen-bond donors (Lipinski definition) is 4. The smallest absolute Gasteiger partial charge is 0.475 e. The van der Waals surface area contributed by atoms with Gasteiger partial charge < -0.3 is 25.0 Å². The van der Waals surface area contributed by atoms with Crippen molar-refractivity contribution < 1.29 is 87.1 Å². The molecule has 0 atom stereocenters. The van der Waals surface area contributed by atoms with Crippen LogP contribution >= 0.6 is 0 Å². The summed E-state index contributed by atoms with van der Waals surface area (Å²) in [6.45, 7) is 3.68. The number of aliphatic carboxylic acids is 3. The Morgan fingerprint density at radius 1 is 0.859 bits per heavy atom. The first-order valence-corrected chi connectivity index (χ1v) is 18.4. The molecule has 7 rings (SSSR count). The van der Waals surface area contributed by atoms with Crippen LogP contribution in [0.25, 0.3) is 22.3 Å². The molecular weight excluding hydrogens is 898 g/mol. The zero-order valence-electron chi connectivity index (χ0n) is 32.6. The van der Waals surface area contributed by atoms with Gasteiger partial charge in [-0.1, -0.05) is 0 Å². The van der Waals surface area contributed by atoms with E-state index in [9.17, 15) is 57.9 Å². The van der Waals surface area contributed by atoms with Crippen LogP contribution in [0, 0.1) is 11.3 Å². The van der Waals surface area contributed by atoms with E-state index >= 15 is 0 Å². The van der Waals surface area contributed by atoms with Crippen molar-refractivity contribution in [3.05, 3.63) is 54.4 Å². The van der Waals surface area contributed by atoms with Crippen LogP contribution in [-0.2, 0) is 32.6 Å². The number of carboxylic acids is 3. The fraction of sp³-hybridized carbons (Fsp3) is 0.500. The largest absolute Gasteiger partial charge is 0.490 e. The number of alkyl halides is 12. The molecule has 0 aromatic carbocycles. The summed E-state index contributed by atoms with van der Waals surface area (Å²) in [4.78, 5) is 46.8. The Kier molecular flexibility index (Phi) is 15.8. The first-order valence-electron chi connectivity index (χ1n) is 18.4. The maximum absolute atomic E-state index is 13.6. The summed E-state index contributed by atoms with van der Waals surface area (Å²) in [5.74, 6) is -8.21. The maximum atomic E-state index is 13.6. The van der Waals surface area contributed by atoms with E-state index in [1.807, 2.05) is 23.1 Å². The molecule has 2 aliphatic heterocycles. The number of hydrogen-bond acceptors (Lipinski definition) is 11. The first-order chi connectivity index (χ1) is 29.6. The van der Waals surface area contributed by atoms with Crippen LogP contribution in [0.2, 0.25) is 0 Å². The van der Waals surface area contributed by atoms with Crippen LogP contribution < -0.4 is 4.74 Å². The summed E-state index contributed by atoms with van der Waals surface area (Å²) in [6.07, 6.45) is -8.23. The summed E-state index contributed by atoms with van der Waals surface area (Å²) in [6, 6.07) is 7.40. The molecule has 0 amide bonds. The highest BCUT2D eigenvalue weighted by atomic mass is 19.4. The highest BCUT2D eigenvalue weighted by Gasteiger charge is 2.48. The molecule has 0 radical (unpaired) electrons. The number of carbonyl (C=O) groups is 3. The molecular formula is C36H35F12N9O7. The van der Waals surface area contributed by atoms with E-state index < -0.39 is 53.8 Å². The zero-order valence-corrected chi connectivity index (χ0v) is 32.6. The van der Waals surface area contributed by atoms with Gasteiger partial charge >= 0.3 is 42.6 Å². The van der Waals surface area contributed by atoms with Crippen LogP contribution in [-0.4, -0.2) is 130 Å². The highest BCUT2D eigenvalue weighted by molar-refractivity contribution is 5.90. The lowest BCUT2D eigenvalue weighted by Gasteiger charge is -2.53. The molecule has 3 fully saturated rings. The van der Waals surface area contributed by atoms with Crippen LogP contribution in [0.5, 0.6) is 5.88 Å². The van der Waals surface area contributed by atoms with E-state index in [1.54, 1.807) is 12.3 Å². The van der Waals surface area contributed by atoms with Gasteiger partial charge in [-0.2, -0.15) is 63.0 Å². The average molecular weight is 934 g/mol. The monoisotopic (exact) mass is 933 g/mol. The van der Waals surface area contributed by atoms with Crippen LogP contribution in [0.1, 0.15) is 49.8 Å². The molecule has 0 spiro atoms. The second-order valence-electron chi connectivity index (χ2n) is 14.4. The molecule has 3 aliphatic rings. The van der Waals surface area contributed by atoms with Crippen molar-refractivity contribution in [2.45, 2.75) is 87.5 Å². The lowest BCUT2D eigenvalue weighted by Crippen LogP contribution is -2.65. The van der Waals surface area contributed by atoms with Gasteiger partial charge in [-0.15, -0.1) is 0 Å². The minimum atomic E-state index is -5.08. The van der Waals surface area contributed by atoms with Gasteiger partial charge in [0, 0.05) is 55.1 Å². The molecule has 6 heterocycles. The normalized spacial score (nSPS) is 18.9. The molecule has 4 aromatic heterocycles. The van der Waals surface area contributed by atoms with Gasteiger partial charge in [0.2, 0.25) is 5.88 Å². The lowest BCUT2D eigenvalue weighted by molar-refractivity contribution is -0.193. The fourth-order valence-corrected chi connectivity index (χ4v) is 6.61. The number of likely N-dealkylation sites (tertiary alicyclic amines) is 2. The van der Waals surface area contributed by atoms with E-state index in [0.717, 1.165) is 73.6 Å². The van der Waals surface area contributed by atoms with Gasteiger partial charge in [0.05, 0.1) is 24.4 Å². The number of fused-ring (bicyclic) bond motifs is 1. The molecule has 4 aromatic rings. The predicted molar refractivity (Wildman–Crippen MR) is 192 cm³/mol. The number of aromatic nitrogens is 6. The number of nitrogens with one attached hydrogen (secondary N) is 1. The number of halogens is 12. The molecule has 0 bridgehead atoms. The van der Waals surface area contributed by atoms with E-state index in [-0.39, 0.29) is 12.0 Å². The molecule has 350 valence electrons. The molecule has 1 saturated carbocycles. The number of H-pyrrole nitrogens is 1. The van der Waals surface area contributed by atoms with Crippen LogP contribution in [0.4, 0.5) is 52.7 Å². The second-order valence-corrected chi connectivity index (χ2v) is 14.4. The van der Waals surface area contributed by atoms with Gasteiger partial charge in [-0.3, -0.25) is 14.5 Å². The minimum Gasteiger partial charge on any atom is -0.475 e. The van der Waals surface area contributed by atoms with E-state index in [1.165, 1.54) is 6.33 Å². The third kappa shape index (κ3) is 13.6. The van der Waals surface area contributed by atoms with Crippen LogP contribution in [0.3, 0.4) is 0 Å². The molecule has 28 heteroatoms. The number of nitrogens with zero attached hydrogens (tertiary/aromatic N) is 8. The zero-order chi connectivity index (χ0) is 47.8. The molecule has 64 heavy (non-hydrogen) atoms. The number of nitriles is 1. The van der Waals surface area contributed by atoms with Gasteiger partial charge in [0.25, 0.3) is 0 Å². The van der Waals surface area contributed by atoms with Crippen molar-refractivity contribution in [1.82, 2.24) is 39.5 Å². The van der Waals surface area contributed by atoms with Crippen molar-refractivity contribution in [1.29, 1.82) is 5.26 Å². The highest BCUT2D eigenvalue weighted by Crippen LogP contribution is 2.39. The Balaban J connectivity index is 0.000000355. The molecule has 16 nitrogen and oxygen atoms in total. The number of aromatic amines is 1. The van der Waals surface area contributed by atoms with Crippen molar-refractivity contribution >= 4 is 28.9 Å². The molecule has 2 saturated heterocycles. The predicted octanol–water partition coefficient (Wildman–Crippen LogP) is 6.66. The van der Waals surface area contributed by atoms with Crippen molar-refractivity contribution in [2.75, 3.05) is 26.2 Å². The van der Waals surface area contributed by atoms with E-state index in [4.69, 9.17) is 34.4 Å². The standard InChI is InChI=1S/C30H32F3N9O.3C2HF3O2/c31-30(32,33)25-12-20(15-40-10-1-11-40)13-26(39-25)43-23-4-2-22(3-5-23)41-17-29(18-41,7-8-34)42-16-21(14-38-42)27-24-6-9-35-28(24)37-19-36-27;3*3-2(4,5)1(6)7/h6,9,12-14,16,19,22-23H,1-5,7,10-11,15,17-18H2,(H,35,36,37);3*(H,6,7). The van der Waals surface area contributed by atoms with Crippen molar-refractivity contribution in [3.8, 4) is 23.2 Å². The fourth-order valence-electron chi connectivity index (χ4n) is 6.61. The van der Waals surface area contributed by atoms with Crippen molar-refractivity contribution in [3.63, 3.8) is 0 Å². The van der Waals surface area contributed by atoms with E-state index in [0.29, 0.717) is 37.7 Å². The summed E-state index contributed by atoms with van der Waals surface area (Å²) in [5, 5.41) is 36.6. The second kappa shape index (κ2) is 20.1. The van der Waals surface area contributed by atoms with Crippen LogP contribution in [0.15, 0.2) is 43.1 Å². The molecule has 4 N–H and O–H groups in total. The SMILES string of the molecule is N#CCC1(n2cc(-c3ncnc4[nH]ccc34)cn2)CN(C2CCC(Oc3cc(CN4CCC4)cc(C(F)(F)F)n3)CC2)C1.O=C(O)C(F)(F)F.O=C(O)C(F)(F)F.O=C(O)C(F)(F)F. The minimum absolute atomic E-state index is 0.0564. The Hall–Kier alpha value is -6.24. The van der Waals surface area contributed by atoms with E-state index in [2.05, 4.69) is 40.9 Å². The maximum Gasteiger partial charge on any atom is 0.490 e. The summed E-state index contributed by atoms with van der Waals surface area (Å²) >= 11 is 0. The van der Waals surface area contributed by atoms with Gasteiger partial charge in [0.1, 0.15) is 29.3 Å². The topological polar surface area (TPSA) is 224 Å². The number of ether oxygens (including phenoxy) is 1. The van der Waals surface area contributed by atoms with Gasteiger partial charge in [0.15, 0.2) is 0 Å². The average Bonchev–Trinajstić information content (AvgIpc) is 3.85. The third-order valence-electron chi connectivity index (χ3n) is 9.78. The summed E-state index contributed by atoms with van der Waals surface area (Å²) in [5.41, 5.74) is 1.69. The van der Waals surface area contributed by atoms with Gasteiger partial charge in [-0.05, 0) is 62.9 Å². The number of rotatable bonds is 8. The molecule has 1 aliphatic carbocycles. The van der Waals surface area contributed by atoms with Crippen molar-refractivity contribution in [2.24, 2.45) is 0 Å². The summed E-state index contributed by atoms with van der Waals surface area (Å²) in [7, 11) is 0. The first kappa shape index (κ1) is 50.4. The Bertz CT molecular complexity index is 2210. The Labute approximate surface area is 352 Å². The number of carboxylic acid groups (broad SMARTS) is 3.